The molecule has 0 saturated heterocycles. The van der Waals surface area contributed by atoms with Crippen molar-refractivity contribution in [2.24, 2.45) is 5.92 Å². The van der Waals surface area contributed by atoms with Crippen LogP contribution in [0.3, 0.4) is 0 Å². The van der Waals surface area contributed by atoms with E-state index in [1.54, 1.807) is 19.1 Å². The number of carboxylic acids is 1. The van der Waals surface area contributed by atoms with Gasteiger partial charge in [0.25, 0.3) is 11.7 Å². The average Bonchev–Trinajstić information content (AvgIpc) is 2.86. The van der Waals surface area contributed by atoms with Gasteiger partial charge < -0.3 is 14.9 Å². The fourth-order valence-electron chi connectivity index (χ4n) is 1.61. The Morgan fingerprint density at radius 3 is 2.82 bits per heavy atom. The largest absolute Gasteiger partial charge is 0.481 e. The highest BCUT2D eigenvalue weighted by atomic mass is 16.5. The Hall–Kier alpha value is -2.18. The van der Waals surface area contributed by atoms with E-state index in [9.17, 15) is 9.59 Å². The summed E-state index contributed by atoms with van der Waals surface area (Å²) in [4.78, 5) is 26.1. The van der Waals surface area contributed by atoms with Gasteiger partial charge in [0.2, 0.25) is 5.89 Å². The van der Waals surface area contributed by atoms with Gasteiger partial charge in [0.15, 0.2) is 0 Å². The van der Waals surface area contributed by atoms with E-state index < -0.39 is 17.8 Å². The molecule has 0 bridgehead atoms. The van der Waals surface area contributed by atoms with Gasteiger partial charge in [-0.2, -0.15) is 4.98 Å². The highest BCUT2D eigenvalue weighted by Gasteiger charge is 2.26. The number of nitrogens with one attached hydrogen (secondary N) is 1. The van der Waals surface area contributed by atoms with Crippen LogP contribution in [0.25, 0.3) is 0 Å². The monoisotopic (exact) mass is 237 g/mol. The quantitative estimate of drug-likeness (QED) is 0.724. The second kappa shape index (κ2) is 4.36. The summed E-state index contributed by atoms with van der Waals surface area (Å²) in [6, 6.07) is -0.303. The summed E-state index contributed by atoms with van der Waals surface area (Å²) in [6.07, 6.45) is 3.57. The van der Waals surface area contributed by atoms with Crippen molar-refractivity contribution >= 4 is 11.9 Å². The lowest BCUT2D eigenvalue weighted by Gasteiger charge is -2.09. The second-order valence-electron chi connectivity index (χ2n) is 3.78. The summed E-state index contributed by atoms with van der Waals surface area (Å²) in [5.74, 6) is -1.65. The molecule has 0 saturated carbocycles. The maximum Gasteiger partial charge on any atom is 0.310 e. The molecule has 1 heterocycles. The zero-order valence-electron chi connectivity index (χ0n) is 9.08. The molecule has 1 aromatic rings. The molecule has 7 nitrogen and oxygen atoms in total. The van der Waals surface area contributed by atoms with E-state index in [1.165, 1.54) is 0 Å². The van der Waals surface area contributed by atoms with Crippen LogP contribution in [0.1, 0.15) is 22.9 Å². The topological polar surface area (TPSA) is 105 Å². The van der Waals surface area contributed by atoms with Crippen molar-refractivity contribution in [2.45, 2.75) is 19.4 Å². The molecule has 2 rings (SSSR count). The number of aromatic nitrogens is 2. The zero-order valence-corrected chi connectivity index (χ0v) is 9.08. The average molecular weight is 237 g/mol. The van der Waals surface area contributed by atoms with E-state index in [0.29, 0.717) is 12.3 Å². The molecule has 2 N–H and O–H groups in total. The standard InChI is InChI=1S/C10H11N3O4/c1-5-11-8(13-17-5)9(14)12-7-3-2-6(4-7)10(15)16/h2-3,6-7H,4H2,1H3,(H,12,14)(H,15,16). The van der Waals surface area contributed by atoms with Crippen molar-refractivity contribution in [1.82, 2.24) is 15.5 Å². The number of rotatable bonds is 3. The molecule has 1 aliphatic rings. The molecule has 7 heteroatoms. The van der Waals surface area contributed by atoms with Crippen molar-refractivity contribution < 1.29 is 19.2 Å². The van der Waals surface area contributed by atoms with Gasteiger partial charge in [0, 0.05) is 13.0 Å². The molecule has 0 aromatic carbocycles. The van der Waals surface area contributed by atoms with Gasteiger partial charge in [0.1, 0.15) is 0 Å². The van der Waals surface area contributed by atoms with Gasteiger partial charge in [-0.15, -0.1) is 0 Å². The van der Waals surface area contributed by atoms with Crippen LogP contribution in [-0.2, 0) is 4.79 Å². The number of hydrogen-bond donors (Lipinski definition) is 2. The van der Waals surface area contributed by atoms with Crippen LogP contribution in [0.15, 0.2) is 16.7 Å². The van der Waals surface area contributed by atoms with Gasteiger partial charge >= 0.3 is 5.97 Å². The first-order valence-electron chi connectivity index (χ1n) is 5.08. The highest BCUT2D eigenvalue weighted by molar-refractivity contribution is 5.90. The molecule has 90 valence electrons. The third kappa shape index (κ3) is 2.49. The Morgan fingerprint density at radius 2 is 2.29 bits per heavy atom. The van der Waals surface area contributed by atoms with E-state index in [1.807, 2.05) is 0 Å². The number of carbonyl (C=O) groups excluding carboxylic acids is 1. The second-order valence-corrected chi connectivity index (χ2v) is 3.78. The molecule has 0 fully saturated rings. The number of nitrogens with zero attached hydrogens (tertiary/aromatic N) is 2. The number of hydrogen-bond acceptors (Lipinski definition) is 5. The smallest absolute Gasteiger partial charge is 0.310 e. The van der Waals surface area contributed by atoms with E-state index in [4.69, 9.17) is 5.11 Å². The number of carbonyl (C=O) groups is 2. The Labute approximate surface area is 96.5 Å². The van der Waals surface area contributed by atoms with Crippen molar-refractivity contribution in [3.8, 4) is 0 Å². The van der Waals surface area contributed by atoms with Gasteiger partial charge in [0.05, 0.1) is 5.92 Å². The first kappa shape index (κ1) is 11.3. The summed E-state index contributed by atoms with van der Waals surface area (Å²) in [6.45, 7) is 1.58. The fourth-order valence-corrected chi connectivity index (χ4v) is 1.61. The van der Waals surface area contributed by atoms with E-state index in [2.05, 4.69) is 20.0 Å². The number of aliphatic carboxylic acids is 1. The Bertz CT molecular complexity index is 480. The summed E-state index contributed by atoms with van der Waals surface area (Å²) in [5.41, 5.74) is 0. The molecule has 1 aliphatic carbocycles. The predicted octanol–water partition coefficient (Wildman–Crippen LogP) is 0.137. The molecule has 0 spiro atoms. The van der Waals surface area contributed by atoms with Crippen molar-refractivity contribution in [1.29, 1.82) is 0 Å². The van der Waals surface area contributed by atoms with Crippen LogP contribution in [-0.4, -0.2) is 33.2 Å². The third-order valence-corrected chi connectivity index (χ3v) is 2.45. The maximum atomic E-state index is 11.6. The van der Waals surface area contributed by atoms with Gasteiger partial charge in [-0.25, -0.2) is 0 Å². The Morgan fingerprint density at radius 1 is 1.53 bits per heavy atom. The van der Waals surface area contributed by atoms with Crippen LogP contribution in [0.2, 0.25) is 0 Å². The molecule has 1 aromatic heterocycles. The molecule has 17 heavy (non-hydrogen) atoms. The molecule has 2 atom stereocenters. The highest BCUT2D eigenvalue weighted by Crippen LogP contribution is 2.18. The molecule has 0 radical (unpaired) electrons. The third-order valence-electron chi connectivity index (χ3n) is 2.45. The minimum absolute atomic E-state index is 0.0466. The normalized spacial score (nSPS) is 22.6. The Kier molecular flexibility index (Phi) is 2.90. The van der Waals surface area contributed by atoms with E-state index in [0.717, 1.165) is 0 Å². The molecular weight excluding hydrogens is 226 g/mol. The number of aryl methyl sites for hydroxylation is 1. The zero-order chi connectivity index (χ0) is 12.4. The Balaban J connectivity index is 1.93. The number of carboxylic acid groups (broad SMARTS) is 1. The predicted molar refractivity (Wildman–Crippen MR) is 55.2 cm³/mol. The summed E-state index contributed by atoms with van der Waals surface area (Å²) >= 11 is 0. The summed E-state index contributed by atoms with van der Waals surface area (Å²) in [5, 5.41) is 14.9. The van der Waals surface area contributed by atoms with Gasteiger partial charge in [-0.3, -0.25) is 9.59 Å². The SMILES string of the molecule is Cc1nc(C(=O)NC2C=CC(C(=O)O)C2)no1. The lowest BCUT2D eigenvalue weighted by atomic mass is 10.1. The van der Waals surface area contributed by atoms with Crippen molar-refractivity contribution in [2.75, 3.05) is 0 Å². The summed E-state index contributed by atoms with van der Waals surface area (Å²) in [7, 11) is 0. The minimum atomic E-state index is -0.895. The molecule has 2 unspecified atom stereocenters. The van der Waals surface area contributed by atoms with Crippen LogP contribution in [0, 0.1) is 12.8 Å². The van der Waals surface area contributed by atoms with Gasteiger partial charge in [-0.05, 0) is 6.42 Å². The van der Waals surface area contributed by atoms with E-state index in [-0.39, 0.29) is 11.9 Å². The maximum absolute atomic E-state index is 11.6. The molecular formula is C10H11N3O4. The molecule has 0 aliphatic heterocycles. The van der Waals surface area contributed by atoms with Crippen molar-refractivity contribution in [3.05, 3.63) is 23.9 Å². The van der Waals surface area contributed by atoms with Crippen molar-refractivity contribution in [3.63, 3.8) is 0 Å². The lowest BCUT2D eigenvalue weighted by Crippen LogP contribution is -2.33. The first-order chi connectivity index (χ1) is 8.06. The summed E-state index contributed by atoms with van der Waals surface area (Å²) < 4.78 is 4.68. The lowest BCUT2D eigenvalue weighted by molar-refractivity contribution is -0.140. The minimum Gasteiger partial charge on any atom is -0.481 e. The van der Waals surface area contributed by atoms with Crippen LogP contribution < -0.4 is 5.32 Å². The van der Waals surface area contributed by atoms with Crippen LogP contribution in [0.5, 0.6) is 0 Å². The van der Waals surface area contributed by atoms with E-state index >= 15 is 0 Å². The molecule has 1 amide bonds. The number of amides is 1. The fraction of sp³-hybridized carbons (Fsp3) is 0.400. The van der Waals surface area contributed by atoms with Crippen LogP contribution >= 0.6 is 0 Å². The first-order valence-corrected chi connectivity index (χ1v) is 5.08. The van der Waals surface area contributed by atoms with Crippen LogP contribution in [0.4, 0.5) is 0 Å². The van der Waals surface area contributed by atoms with Gasteiger partial charge in [-0.1, -0.05) is 17.3 Å².